The smallest absolute Gasteiger partial charge is 0.135 e. The summed E-state index contributed by atoms with van der Waals surface area (Å²) in [5.74, 6) is 0.722. The van der Waals surface area contributed by atoms with Gasteiger partial charge in [-0.15, -0.1) is 0 Å². The van der Waals surface area contributed by atoms with E-state index in [0.717, 1.165) is 27.2 Å². The van der Waals surface area contributed by atoms with Gasteiger partial charge in [-0.05, 0) is 35.9 Å². The van der Waals surface area contributed by atoms with E-state index in [4.69, 9.17) is 28.9 Å². The molecule has 106 valence electrons. The Morgan fingerprint density at radius 3 is 2.52 bits per heavy atom. The summed E-state index contributed by atoms with van der Waals surface area (Å²) in [5, 5.41) is 6.39. The fourth-order valence-electron chi connectivity index (χ4n) is 2.20. The van der Waals surface area contributed by atoms with Crippen LogP contribution in [0.2, 0.25) is 10.0 Å². The van der Waals surface area contributed by atoms with Crippen LogP contribution in [-0.4, -0.2) is 4.98 Å². The van der Waals surface area contributed by atoms with Crippen molar-refractivity contribution in [1.29, 1.82) is 0 Å². The average molecular weight is 318 g/mol. The molecule has 1 aromatic heterocycles. The van der Waals surface area contributed by atoms with Crippen molar-refractivity contribution in [2.24, 2.45) is 0 Å². The predicted molar refractivity (Wildman–Crippen MR) is 89.9 cm³/mol. The van der Waals surface area contributed by atoms with Crippen molar-refractivity contribution in [3.05, 3.63) is 64.3 Å². The fourth-order valence-corrected chi connectivity index (χ4v) is 2.58. The number of nitrogens with one attached hydrogen (secondary N) is 1. The molecule has 3 N–H and O–H groups in total. The van der Waals surface area contributed by atoms with Crippen molar-refractivity contribution in [2.45, 2.75) is 6.54 Å². The van der Waals surface area contributed by atoms with Gasteiger partial charge in [0.15, 0.2) is 0 Å². The maximum atomic E-state index is 6.28. The predicted octanol–water partition coefficient (Wildman–Crippen LogP) is 4.74. The van der Waals surface area contributed by atoms with E-state index in [0.29, 0.717) is 17.3 Å². The second-order valence-electron chi connectivity index (χ2n) is 4.70. The Bertz CT molecular complexity index is 785. The molecule has 3 nitrogen and oxygen atoms in total. The van der Waals surface area contributed by atoms with Gasteiger partial charge < -0.3 is 11.1 Å². The lowest BCUT2D eigenvalue weighted by molar-refractivity contribution is 1.12. The Morgan fingerprint density at radius 2 is 1.76 bits per heavy atom. The van der Waals surface area contributed by atoms with E-state index in [1.807, 2.05) is 30.3 Å². The Kier molecular flexibility index (Phi) is 3.86. The van der Waals surface area contributed by atoms with E-state index < -0.39 is 0 Å². The van der Waals surface area contributed by atoms with Gasteiger partial charge in [-0.1, -0.05) is 35.3 Å². The molecular weight excluding hydrogens is 305 g/mol. The van der Waals surface area contributed by atoms with Gasteiger partial charge in [0, 0.05) is 34.2 Å². The third-order valence-corrected chi connectivity index (χ3v) is 3.85. The number of nitrogens with zero attached hydrogens (tertiary/aromatic N) is 1. The first-order valence-electron chi connectivity index (χ1n) is 6.46. The topological polar surface area (TPSA) is 50.9 Å². The third-order valence-electron chi connectivity index (χ3n) is 3.28. The molecule has 0 aliphatic carbocycles. The highest BCUT2D eigenvalue weighted by atomic mass is 35.5. The number of anilines is 2. The summed E-state index contributed by atoms with van der Waals surface area (Å²) in [7, 11) is 0. The van der Waals surface area contributed by atoms with Crippen molar-refractivity contribution in [1.82, 2.24) is 4.98 Å². The molecule has 0 bridgehead atoms. The largest absolute Gasteiger partial charge is 0.398 e. The third kappa shape index (κ3) is 2.89. The summed E-state index contributed by atoms with van der Waals surface area (Å²) in [5.41, 5.74) is 7.78. The lowest BCUT2D eigenvalue weighted by Gasteiger charge is -2.11. The molecule has 0 saturated heterocycles. The van der Waals surface area contributed by atoms with Gasteiger partial charge in [-0.25, -0.2) is 4.98 Å². The number of halogens is 2. The number of rotatable bonds is 3. The first-order valence-corrected chi connectivity index (χ1v) is 7.22. The van der Waals surface area contributed by atoms with Gasteiger partial charge >= 0.3 is 0 Å². The molecule has 0 radical (unpaired) electrons. The molecule has 0 fully saturated rings. The zero-order chi connectivity index (χ0) is 14.8. The number of fused-ring (bicyclic) bond motifs is 1. The highest BCUT2D eigenvalue weighted by molar-refractivity contribution is 6.37. The van der Waals surface area contributed by atoms with Crippen LogP contribution in [0.3, 0.4) is 0 Å². The summed E-state index contributed by atoms with van der Waals surface area (Å²) in [6.07, 6.45) is 1.72. The standard InChI is InChI=1S/C16H13Cl2N3/c17-11-3-1-10(2-4-11)9-21-16-15-12(7-8-20-16)14(19)6-5-13(15)18/h1-8H,9,19H2,(H,20,21). The minimum atomic E-state index is 0.630. The van der Waals surface area contributed by atoms with Crippen LogP contribution in [0, 0.1) is 0 Å². The van der Waals surface area contributed by atoms with Crippen molar-refractivity contribution < 1.29 is 0 Å². The Balaban J connectivity index is 1.94. The van der Waals surface area contributed by atoms with Gasteiger partial charge in [0.05, 0.1) is 5.02 Å². The van der Waals surface area contributed by atoms with E-state index in [1.54, 1.807) is 18.3 Å². The maximum absolute atomic E-state index is 6.28. The molecule has 5 heteroatoms. The molecular formula is C16H13Cl2N3. The molecule has 2 aromatic carbocycles. The molecule has 0 amide bonds. The summed E-state index contributed by atoms with van der Waals surface area (Å²) in [6.45, 7) is 0.633. The molecule has 0 spiro atoms. The van der Waals surface area contributed by atoms with Gasteiger partial charge in [0.2, 0.25) is 0 Å². The van der Waals surface area contributed by atoms with Crippen LogP contribution in [0.15, 0.2) is 48.7 Å². The van der Waals surface area contributed by atoms with Crippen molar-refractivity contribution >= 4 is 45.5 Å². The Morgan fingerprint density at radius 1 is 1.00 bits per heavy atom. The molecule has 0 saturated carbocycles. The molecule has 21 heavy (non-hydrogen) atoms. The lowest BCUT2D eigenvalue weighted by atomic mass is 10.1. The van der Waals surface area contributed by atoms with Crippen molar-refractivity contribution in [2.75, 3.05) is 11.1 Å². The van der Waals surface area contributed by atoms with Gasteiger partial charge in [-0.3, -0.25) is 0 Å². The van der Waals surface area contributed by atoms with Crippen LogP contribution in [0.25, 0.3) is 10.8 Å². The highest BCUT2D eigenvalue weighted by Crippen LogP contribution is 2.32. The number of nitrogens with two attached hydrogens (primary N) is 1. The molecule has 0 aliphatic rings. The number of aromatic nitrogens is 1. The van der Waals surface area contributed by atoms with Gasteiger partial charge in [0.25, 0.3) is 0 Å². The Labute approximate surface area is 132 Å². The number of hydrogen-bond acceptors (Lipinski definition) is 3. The minimum absolute atomic E-state index is 0.630. The summed E-state index contributed by atoms with van der Waals surface area (Å²) < 4.78 is 0. The van der Waals surface area contributed by atoms with Crippen LogP contribution in [0.5, 0.6) is 0 Å². The molecule has 0 aliphatic heterocycles. The SMILES string of the molecule is Nc1ccc(Cl)c2c(NCc3ccc(Cl)cc3)nccc12. The first-order chi connectivity index (χ1) is 10.1. The average Bonchev–Trinajstić information content (AvgIpc) is 2.50. The monoisotopic (exact) mass is 317 g/mol. The van der Waals surface area contributed by atoms with Crippen LogP contribution in [-0.2, 0) is 6.54 Å². The van der Waals surface area contributed by atoms with Crippen LogP contribution in [0.1, 0.15) is 5.56 Å². The molecule has 3 rings (SSSR count). The van der Waals surface area contributed by atoms with Gasteiger partial charge in [-0.2, -0.15) is 0 Å². The summed E-state index contributed by atoms with van der Waals surface area (Å²) in [4.78, 5) is 4.36. The van der Waals surface area contributed by atoms with E-state index in [-0.39, 0.29) is 0 Å². The number of hydrogen-bond donors (Lipinski definition) is 2. The lowest BCUT2D eigenvalue weighted by Crippen LogP contribution is -2.02. The zero-order valence-corrected chi connectivity index (χ0v) is 12.6. The fraction of sp³-hybridized carbons (Fsp3) is 0.0625. The van der Waals surface area contributed by atoms with Crippen LogP contribution < -0.4 is 11.1 Å². The first kappa shape index (κ1) is 14.0. The maximum Gasteiger partial charge on any atom is 0.135 e. The van der Waals surface area contributed by atoms with Crippen LogP contribution >= 0.6 is 23.2 Å². The van der Waals surface area contributed by atoms with E-state index in [2.05, 4.69) is 10.3 Å². The Hall–Kier alpha value is -1.97. The zero-order valence-electron chi connectivity index (χ0n) is 11.1. The van der Waals surface area contributed by atoms with E-state index in [1.165, 1.54) is 0 Å². The van der Waals surface area contributed by atoms with E-state index >= 15 is 0 Å². The number of benzene rings is 2. The number of pyridine rings is 1. The van der Waals surface area contributed by atoms with Crippen LogP contribution in [0.4, 0.5) is 11.5 Å². The molecule has 3 aromatic rings. The van der Waals surface area contributed by atoms with Gasteiger partial charge in [0.1, 0.15) is 5.82 Å². The van der Waals surface area contributed by atoms with Crippen molar-refractivity contribution in [3.63, 3.8) is 0 Å². The second kappa shape index (κ2) is 5.80. The summed E-state index contributed by atoms with van der Waals surface area (Å²) in [6, 6.07) is 13.1. The highest BCUT2D eigenvalue weighted by Gasteiger charge is 2.08. The second-order valence-corrected chi connectivity index (χ2v) is 5.54. The minimum Gasteiger partial charge on any atom is -0.398 e. The molecule has 0 atom stereocenters. The number of nitrogen functional groups attached to an aromatic ring is 1. The van der Waals surface area contributed by atoms with Crippen molar-refractivity contribution in [3.8, 4) is 0 Å². The quantitative estimate of drug-likeness (QED) is 0.686. The normalized spacial score (nSPS) is 10.8. The summed E-state index contributed by atoms with van der Waals surface area (Å²) >= 11 is 12.2. The molecule has 0 unspecified atom stereocenters. The van der Waals surface area contributed by atoms with E-state index in [9.17, 15) is 0 Å². The molecule has 1 heterocycles.